The van der Waals surface area contributed by atoms with Crippen LogP contribution in [0.25, 0.3) is 0 Å². The maximum absolute atomic E-state index is 13.0. The largest absolute Gasteiger partial charge is 0.481 e. The number of nitrogens with zero attached hydrogens (tertiary/aromatic N) is 3. The zero-order chi connectivity index (χ0) is 22.7. The summed E-state index contributed by atoms with van der Waals surface area (Å²) < 4.78 is 24.3. The average Bonchev–Trinajstić information content (AvgIpc) is 3.19. The summed E-state index contributed by atoms with van der Waals surface area (Å²) in [5.74, 6) is 0.104. The Morgan fingerprint density at radius 3 is 2.81 bits per heavy atom. The molecule has 4 rings (SSSR count). The highest BCUT2D eigenvalue weighted by atomic mass is 32.2. The highest BCUT2D eigenvalue weighted by molar-refractivity contribution is 7.99. The van der Waals surface area contributed by atoms with Crippen LogP contribution in [0.15, 0.2) is 58.2 Å². The van der Waals surface area contributed by atoms with Gasteiger partial charge in [-0.3, -0.25) is 9.59 Å². The number of hydrogen-bond acceptors (Lipinski definition) is 7. The molecule has 3 aromatic rings. The van der Waals surface area contributed by atoms with E-state index < -0.39 is 6.10 Å². The third-order valence-electron chi connectivity index (χ3n) is 4.84. The molecule has 10 heteroatoms. The number of halogens is 1. The first-order valence-corrected chi connectivity index (χ1v) is 11.0. The molecule has 1 aliphatic heterocycles. The van der Waals surface area contributed by atoms with Crippen LogP contribution in [0.1, 0.15) is 32.3 Å². The Morgan fingerprint density at radius 1 is 1.28 bits per heavy atom. The number of amides is 2. The number of hydrogen-bond donors (Lipinski definition) is 1. The maximum atomic E-state index is 13.0. The Balaban J connectivity index is 1.41. The lowest BCUT2D eigenvalue weighted by atomic mass is 10.2. The van der Waals surface area contributed by atoms with Crippen molar-refractivity contribution < 1.29 is 23.1 Å². The minimum Gasteiger partial charge on any atom is -0.481 e. The van der Waals surface area contributed by atoms with Crippen LogP contribution in [0.5, 0.6) is 5.75 Å². The number of benzene rings is 2. The van der Waals surface area contributed by atoms with Gasteiger partial charge in [-0.1, -0.05) is 23.9 Å². The van der Waals surface area contributed by atoms with Gasteiger partial charge in [-0.25, -0.2) is 4.39 Å². The highest BCUT2D eigenvalue weighted by Gasteiger charge is 2.30. The first kappa shape index (κ1) is 21.8. The number of carbonyl (C=O) groups is 2. The van der Waals surface area contributed by atoms with E-state index >= 15 is 0 Å². The van der Waals surface area contributed by atoms with Crippen molar-refractivity contribution in [3.63, 3.8) is 0 Å². The van der Waals surface area contributed by atoms with Crippen LogP contribution < -0.4 is 15.0 Å². The topological polar surface area (TPSA) is 97.6 Å². The van der Waals surface area contributed by atoms with Gasteiger partial charge in [0.05, 0.1) is 17.1 Å². The van der Waals surface area contributed by atoms with Gasteiger partial charge in [0.25, 0.3) is 11.1 Å². The summed E-state index contributed by atoms with van der Waals surface area (Å²) >= 11 is 1.11. The first-order chi connectivity index (χ1) is 15.4. The van der Waals surface area contributed by atoms with Crippen molar-refractivity contribution in [3.8, 4) is 5.75 Å². The predicted octanol–water partition coefficient (Wildman–Crippen LogP) is 4.20. The molecule has 0 spiro atoms. The number of aromatic nitrogens is 2. The zero-order valence-electron chi connectivity index (χ0n) is 17.4. The van der Waals surface area contributed by atoms with E-state index in [9.17, 15) is 14.0 Å². The second-order valence-corrected chi connectivity index (χ2v) is 8.22. The van der Waals surface area contributed by atoms with Gasteiger partial charge in [-0.15, -0.1) is 10.2 Å². The summed E-state index contributed by atoms with van der Waals surface area (Å²) in [7, 11) is 0. The fourth-order valence-electron chi connectivity index (χ4n) is 3.37. The Morgan fingerprint density at radius 2 is 2.03 bits per heavy atom. The van der Waals surface area contributed by atoms with Crippen LogP contribution in [-0.4, -0.2) is 33.8 Å². The normalized spacial score (nSPS) is 16.7. The molecule has 2 heterocycles. The fraction of sp³-hybridized carbons (Fsp3) is 0.273. The standard InChI is InChI=1S/C22H21FN4O4S/c1-13-11-19(28)24-17-5-3-4-6-18(17)27(13)20(29)12-32-22-26-25-21(31-22)14(2)30-16-9-7-15(23)8-10-16/h3-10,13-14H,11-12H2,1-2H3,(H,24,28). The highest BCUT2D eigenvalue weighted by Crippen LogP contribution is 2.32. The second kappa shape index (κ2) is 9.39. The minimum absolute atomic E-state index is 0.0572. The summed E-state index contributed by atoms with van der Waals surface area (Å²) in [5.41, 5.74) is 1.26. The SMILES string of the molecule is CC(Oc1ccc(F)cc1)c1nnc(SCC(=O)N2c3ccccc3NC(=O)CC2C)o1. The Labute approximate surface area is 188 Å². The summed E-state index contributed by atoms with van der Waals surface area (Å²) in [6.45, 7) is 3.57. The number of rotatable bonds is 6. The van der Waals surface area contributed by atoms with Crippen molar-refractivity contribution >= 4 is 35.0 Å². The molecule has 1 aliphatic rings. The molecular weight excluding hydrogens is 435 g/mol. The number of thioether (sulfide) groups is 1. The number of fused-ring (bicyclic) bond motifs is 1. The molecule has 8 nitrogen and oxygen atoms in total. The first-order valence-electron chi connectivity index (χ1n) is 10.00. The van der Waals surface area contributed by atoms with E-state index in [-0.39, 0.29) is 47.0 Å². The van der Waals surface area contributed by atoms with Crippen LogP contribution in [0.4, 0.5) is 15.8 Å². The van der Waals surface area contributed by atoms with Gasteiger partial charge >= 0.3 is 0 Å². The molecule has 0 bridgehead atoms. The molecular formula is C22H21FN4O4S. The van der Waals surface area contributed by atoms with E-state index in [4.69, 9.17) is 9.15 Å². The van der Waals surface area contributed by atoms with Crippen molar-refractivity contribution in [2.45, 2.75) is 37.6 Å². The van der Waals surface area contributed by atoms with E-state index in [1.54, 1.807) is 24.0 Å². The Kier molecular flexibility index (Phi) is 6.40. The molecule has 0 aliphatic carbocycles. The second-order valence-electron chi connectivity index (χ2n) is 7.29. The monoisotopic (exact) mass is 456 g/mol. The lowest BCUT2D eigenvalue weighted by Gasteiger charge is -2.27. The van der Waals surface area contributed by atoms with E-state index in [2.05, 4.69) is 15.5 Å². The van der Waals surface area contributed by atoms with Gasteiger partial charge in [-0.2, -0.15) is 0 Å². The molecule has 0 radical (unpaired) electrons. The zero-order valence-corrected chi connectivity index (χ0v) is 18.3. The minimum atomic E-state index is -0.549. The molecule has 32 heavy (non-hydrogen) atoms. The summed E-state index contributed by atoms with van der Waals surface area (Å²) in [4.78, 5) is 26.8. The third-order valence-corrected chi connectivity index (χ3v) is 5.65. The molecule has 0 fully saturated rings. The number of ether oxygens (including phenoxy) is 1. The molecule has 166 valence electrons. The Bertz CT molecular complexity index is 1120. The van der Waals surface area contributed by atoms with Gasteiger partial charge in [0.1, 0.15) is 11.6 Å². The van der Waals surface area contributed by atoms with Gasteiger partial charge in [0.15, 0.2) is 6.10 Å². The van der Waals surface area contributed by atoms with Gasteiger partial charge < -0.3 is 19.4 Å². The molecule has 0 saturated heterocycles. The number of anilines is 2. The maximum Gasteiger partial charge on any atom is 0.277 e. The third kappa shape index (κ3) is 4.91. The quantitative estimate of drug-likeness (QED) is 0.555. The molecule has 2 unspecified atom stereocenters. The predicted molar refractivity (Wildman–Crippen MR) is 117 cm³/mol. The van der Waals surface area contributed by atoms with Crippen molar-refractivity contribution in [2.24, 2.45) is 0 Å². The van der Waals surface area contributed by atoms with Crippen molar-refractivity contribution in [1.82, 2.24) is 10.2 Å². The van der Waals surface area contributed by atoms with Gasteiger partial charge in [0.2, 0.25) is 11.8 Å². The van der Waals surface area contributed by atoms with Crippen molar-refractivity contribution in [1.29, 1.82) is 0 Å². The van der Waals surface area contributed by atoms with Crippen LogP contribution in [0, 0.1) is 5.82 Å². The van der Waals surface area contributed by atoms with Crippen molar-refractivity contribution in [2.75, 3.05) is 16.0 Å². The molecule has 2 amide bonds. The average molecular weight is 456 g/mol. The van der Waals surface area contributed by atoms with E-state index in [1.165, 1.54) is 24.3 Å². The van der Waals surface area contributed by atoms with E-state index in [1.807, 2.05) is 19.1 Å². The Hall–Kier alpha value is -3.40. The molecule has 1 N–H and O–H groups in total. The van der Waals surface area contributed by atoms with Crippen molar-refractivity contribution in [3.05, 3.63) is 60.2 Å². The summed E-state index contributed by atoms with van der Waals surface area (Å²) in [6, 6.07) is 12.5. The molecule has 2 atom stereocenters. The lowest BCUT2D eigenvalue weighted by Crippen LogP contribution is -2.40. The van der Waals surface area contributed by atoms with Crippen LogP contribution in [-0.2, 0) is 9.59 Å². The van der Waals surface area contributed by atoms with Gasteiger partial charge in [-0.05, 0) is 50.2 Å². The smallest absolute Gasteiger partial charge is 0.277 e. The molecule has 1 aromatic heterocycles. The van der Waals surface area contributed by atoms with Crippen LogP contribution in [0.3, 0.4) is 0 Å². The van der Waals surface area contributed by atoms with Crippen LogP contribution in [0.2, 0.25) is 0 Å². The fourth-order valence-corrected chi connectivity index (χ4v) is 4.00. The van der Waals surface area contributed by atoms with Gasteiger partial charge in [0, 0.05) is 12.5 Å². The van der Waals surface area contributed by atoms with E-state index in [0.29, 0.717) is 17.1 Å². The van der Waals surface area contributed by atoms with E-state index in [0.717, 1.165) is 11.8 Å². The summed E-state index contributed by atoms with van der Waals surface area (Å²) in [5, 5.41) is 11.0. The number of carbonyl (C=O) groups excluding carboxylic acids is 2. The molecule has 2 aromatic carbocycles. The lowest BCUT2D eigenvalue weighted by molar-refractivity contribution is -0.117. The van der Waals surface area contributed by atoms with Crippen LogP contribution >= 0.6 is 11.8 Å². The molecule has 0 saturated carbocycles. The number of nitrogens with one attached hydrogen (secondary N) is 1. The summed E-state index contributed by atoms with van der Waals surface area (Å²) in [6.07, 6.45) is -0.346. The number of para-hydroxylation sites is 2.